The first-order valence-electron chi connectivity index (χ1n) is 8.20. The first kappa shape index (κ1) is 16.9. The number of pyridine rings is 1. The van der Waals surface area contributed by atoms with Crippen LogP contribution in [0.15, 0.2) is 42.6 Å². The Morgan fingerprint density at radius 3 is 2.80 bits per heavy atom. The third kappa shape index (κ3) is 4.54. The van der Waals surface area contributed by atoms with E-state index in [1.165, 1.54) is 6.20 Å². The van der Waals surface area contributed by atoms with Crippen molar-refractivity contribution in [3.05, 3.63) is 48.2 Å². The molecule has 2 heterocycles. The van der Waals surface area contributed by atoms with Crippen LogP contribution in [0.4, 0.5) is 5.69 Å². The lowest BCUT2D eigenvalue weighted by Crippen LogP contribution is -2.43. The van der Waals surface area contributed by atoms with Crippen LogP contribution < -0.4 is 21.1 Å². The molecule has 25 heavy (non-hydrogen) atoms. The van der Waals surface area contributed by atoms with Crippen LogP contribution in [-0.2, 0) is 4.79 Å². The molecule has 3 rings (SSSR count). The molecule has 1 aromatic carbocycles. The number of carbonyl (C=O) groups excluding carboxylic acids is 2. The summed E-state index contributed by atoms with van der Waals surface area (Å²) in [5.74, 6) is 0.250. The van der Waals surface area contributed by atoms with Gasteiger partial charge in [-0.25, -0.2) is 4.98 Å². The number of rotatable bonds is 5. The molecule has 1 aromatic heterocycles. The summed E-state index contributed by atoms with van der Waals surface area (Å²) >= 11 is 0. The van der Waals surface area contributed by atoms with Crippen LogP contribution in [0.5, 0.6) is 11.6 Å². The summed E-state index contributed by atoms with van der Waals surface area (Å²) in [5, 5.41) is 6.05. The number of amides is 2. The first-order valence-corrected chi connectivity index (χ1v) is 8.20. The van der Waals surface area contributed by atoms with Crippen LogP contribution >= 0.6 is 0 Å². The van der Waals surface area contributed by atoms with E-state index in [4.69, 9.17) is 10.5 Å². The van der Waals surface area contributed by atoms with E-state index in [0.717, 1.165) is 25.8 Å². The lowest BCUT2D eigenvalue weighted by molar-refractivity contribution is -0.118. The van der Waals surface area contributed by atoms with Crippen molar-refractivity contribution >= 4 is 17.5 Å². The van der Waals surface area contributed by atoms with Crippen molar-refractivity contribution in [1.82, 2.24) is 10.3 Å². The zero-order valence-corrected chi connectivity index (χ0v) is 13.7. The molecule has 7 heteroatoms. The van der Waals surface area contributed by atoms with Crippen molar-refractivity contribution in [3.8, 4) is 11.6 Å². The van der Waals surface area contributed by atoms with Gasteiger partial charge in [0.15, 0.2) is 0 Å². The molecule has 0 radical (unpaired) electrons. The van der Waals surface area contributed by atoms with E-state index in [-0.39, 0.29) is 11.9 Å². The number of hydrogen-bond donors (Lipinski definition) is 3. The molecule has 1 saturated heterocycles. The molecule has 2 aromatic rings. The fourth-order valence-corrected chi connectivity index (χ4v) is 2.65. The molecule has 7 nitrogen and oxygen atoms in total. The summed E-state index contributed by atoms with van der Waals surface area (Å²) in [7, 11) is 0. The number of benzene rings is 1. The summed E-state index contributed by atoms with van der Waals surface area (Å²) in [6.45, 7) is 0.869. The highest BCUT2D eigenvalue weighted by Gasteiger charge is 2.20. The highest BCUT2D eigenvalue weighted by Crippen LogP contribution is 2.21. The Morgan fingerprint density at radius 1 is 1.24 bits per heavy atom. The predicted molar refractivity (Wildman–Crippen MR) is 93.5 cm³/mol. The van der Waals surface area contributed by atoms with E-state index in [9.17, 15) is 9.59 Å². The minimum Gasteiger partial charge on any atom is -0.439 e. The van der Waals surface area contributed by atoms with Gasteiger partial charge in [-0.15, -0.1) is 0 Å². The minimum absolute atomic E-state index is 0.0515. The average Bonchev–Trinajstić information content (AvgIpc) is 2.64. The van der Waals surface area contributed by atoms with Crippen molar-refractivity contribution in [2.45, 2.75) is 25.3 Å². The van der Waals surface area contributed by atoms with Crippen LogP contribution in [0.25, 0.3) is 0 Å². The summed E-state index contributed by atoms with van der Waals surface area (Å²) in [6, 6.07) is 9.78. The highest BCUT2D eigenvalue weighted by molar-refractivity contribution is 5.94. The lowest BCUT2D eigenvalue weighted by Gasteiger charge is -2.22. The zero-order chi connectivity index (χ0) is 17.6. The maximum Gasteiger partial charge on any atom is 0.248 e. The number of nitrogens with one attached hydrogen (secondary N) is 2. The van der Waals surface area contributed by atoms with Gasteiger partial charge in [0, 0.05) is 11.6 Å². The Morgan fingerprint density at radius 2 is 2.12 bits per heavy atom. The van der Waals surface area contributed by atoms with Crippen LogP contribution in [0.2, 0.25) is 0 Å². The molecule has 0 unspecified atom stereocenters. The number of ether oxygens (including phenoxy) is 1. The third-order valence-corrected chi connectivity index (χ3v) is 3.97. The topological polar surface area (TPSA) is 106 Å². The van der Waals surface area contributed by atoms with Gasteiger partial charge >= 0.3 is 0 Å². The quantitative estimate of drug-likeness (QED) is 0.772. The minimum atomic E-state index is -0.521. The van der Waals surface area contributed by atoms with E-state index in [1.807, 2.05) is 0 Å². The summed E-state index contributed by atoms with van der Waals surface area (Å²) in [4.78, 5) is 27.5. The number of hydrogen-bond acceptors (Lipinski definition) is 5. The van der Waals surface area contributed by atoms with Gasteiger partial charge in [0.25, 0.3) is 0 Å². The number of primary amides is 1. The molecule has 0 bridgehead atoms. The Bertz CT molecular complexity index is 755. The molecule has 4 N–H and O–H groups in total. The summed E-state index contributed by atoms with van der Waals surface area (Å²) in [5.41, 5.74) is 6.22. The van der Waals surface area contributed by atoms with E-state index >= 15 is 0 Å². The van der Waals surface area contributed by atoms with Gasteiger partial charge in [-0.1, -0.05) is 12.5 Å². The molecule has 1 fully saturated rings. The van der Waals surface area contributed by atoms with Crippen molar-refractivity contribution in [3.63, 3.8) is 0 Å². The van der Waals surface area contributed by atoms with E-state index < -0.39 is 5.91 Å². The summed E-state index contributed by atoms with van der Waals surface area (Å²) in [6.07, 6.45) is 4.54. The lowest BCUT2D eigenvalue weighted by atomic mass is 10.0. The molecule has 0 saturated carbocycles. The number of carbonyl (C=O) groups is 2. The Balaban J connectivity index is 1.61. The second-order valence-corrected chi connectivity index (χ2v) is 5.87. The fraction of sp³-hybridized carbons (Fsp3) is 0.278. The monoisotopic (exact) mass is 340 g/mol. The molecule has 1 atom stereocenters. The Kier molecular flexibility index (Phi) is 5.25. The van der Waals surface area contributed by atoms with E-state index in [2.05, 4.69) is 15.6 Å². The number of aromatic nitrogens is 1. The fourth-order valence-electron chi connectivity index (χ4n) is 2.65. The van der Waals surface area contributed by atoms with E-state index in [1.54, 1.807) is 36.4 Å². The van der Waals surface area contributed by atoms with Gasteiger partial charge in [0.2, 0.25) is 17.7 Å². The van der Waals surface area contributed by atoms with Crippen LogP contribution in [0, 0.1) is 0 Å². The number of piperidine rings is 1. The molecular weight excluding hydrogens is 320 g/mol. The smallest absolute Gasteiger partial charge is 0.248 e. The molecule has 0 spiro atoms. The van der Waals surface area contributed by atoms with Crippen molar-refractivity contribution < 1.29 is 14.3 Å². The van der Waals surface area contributed by atoms with Crippen LogP contribution in [0.1, 0.15) is 29.6 Å². The second-order valence-electron chi connectivity index (χ2n) is 5.87. The normalized spacial score (nSPS) is 16.9. The standard InChI is InChI=1S/C18H20N4O3/c19-17(23)12-4-3-5-14(10-12)25-16-8-7-13(11-21-16)22-18(24)15-6-1-2-9-20-15/h3-5,7-8,10-11,15,20H,1-2,6,9H2,(H2,19,23)(H,22,24)/t15-/m1/s1. The van der Waals surface area contributed by atoms with Crippen LogP contribution in [-0.4, -0.2) is 29.4 Å². The molecule has 1 aliphatic rings. The van der Waals surface area contributed by atoms with Crippen molar-refractivity contribution in [2.24, 2.45) is 5.73 Å². The van der Waals surface area contributed by atoms with Crippen molar-refractivity contribution in [2.75, 3.05) is 11.9 Å². The van der Waals surface area contributed by atoms with Gasteiger partial charge in [0.05, 0.1) is 17.9 Å². The molecule has 1 aliphatic heterocycles. The summed E-state index contributed by atoms with van der Waals surface area (Å²) < 4.78 is 5.60. The van der Waals surface area contributed by atoms with Gasteiger partial charge in [0.1, 0.15) is 5.75 Å². The SMILES string of the molecule is NC(=O)c1cccc(Oc2ccc(NC(=O)[C@H]3CCCCN3)cn2)c1. The molecule has 2 amide bonds. The predicted octanol–water partition coefficient (Wildman–Crippen LogP) is 2.05. The number of nitrogens with zero attached hydrogens (tertiary/aromatic N) is 1. The van der Waals surface area contributed by atoms with Gasteiger partial charge in [-0.2, -0.15) is 0 Å². The first-order chi connectivity index (χ1) is 12.1. The largest absolute Gasteiger partial charge is 0.439 e. The number of nitrogens with two attached hydrogens (primary N) is 1. The molecule has 0 aliphatic carbocycles. The Hall–Kier alpha value is -2.93. The van der Waals surface area contributed by atoms with Gasteiger partial charge in [-0.3, -0.25) is 9.59 Å². The second kappa shape index (κ2) is 7.76. The maximum atomic E-state index is 12.2. The number of anilines is 1. The average molecular weight is 340 g/mol. The van der Waals surface area contributed by atoms with Crippen molar-refractivity contribution in [1.29, 1.82) is 0 Å². The van der Waals surface area contributed by atoms with Crippen LogP contribution in [0.3, 0.4) is 0 Å². The third-order valence-electron chi connectivity index (χ3n) is 3.97. The molecular formula is C18H20N4O3. The highest BCUT2D eigenvalue weighted by atomic mass is 16.5. The van der Waals surface area contributed by atoms with Gasteiger partial charge in [-0.05, 0) is 43.7 Å². The zero-order valence-electron chi connectivity index (χ0n) is 13.7. The van der Waals surface area contributed by atoms with Gasteiger partial charge < -0.3 is 21.1 Å². The maximum absolute atomic E-state index is 12.2. The molecule has 130 valence electrons. The van der Waals surface area contributed by atoms with E-state index in [0.29, 0.717) is 22.9 Å². The Labute approximate surface area is 145 Å².